The highest BCUT2D eigenvalue weighted by molar-refractivity contribution is 5.76. The van der Waals surface area contributed by atoms with Gasteiger partial charge in [0, 0.05) is 13.2 Å². The summed E-state index contributed by atoms with van der Waals surface area (Å²) in [5, 5.41) is 2.68. The molecule has 0 spiro atoms. The molecule has 1 heterocycles. The van der Waals surface area contributed by atoms with E-state index >= 15 is 0 Å². The van der Waals surface area contributed by atoms with E-state index in [1.807, 2.05) is 0 Å². The SMILES string of the molecule is CC(C)(C)OC(=O)NC(C)(C=O)C1CCOCC1. The number of nitrogens with one attached hydrogen (secondary N) is 1. The highest BCUT2D eigenvalue weighted by atomic mass is 16.6. The van der Waals surface area contributed by atoms with Crippen molar-refractivity contribution in [1.29, 1.82) is 0 Å². The smallest absolute Gasteiger partial charge is 0.408 e. The highest BCUT2D eigenvalue weighted by Gasteiger charge is 2.37. The van der Waals surface area contributed by atoms with Gasteiger partial charge in [-0.15, -0.1) is 0 Å². The van der Waals surface area contributed by atoms with Crippen LogP contribution in [0.4, 0.5) is 4.79 Å². The summed E-state index contributed by atoms with van der Waals surface area (Å²) in [5.74, 6) is 0.0938. The Morgan fingerprint density at radius 3 is 2.28 bits per heavy atom. The van der Waals surface area contributed by atoms with Gasteiger partial charge in [-0.05, 0) is 46.5 Å². The molecule has 0 bridgehead atoms. The molecule has 0 radical (unpaired) electrons. The summed E-state index contributed by atoms with van der Waals surface area (Å²) in [6, 6.07) is 0. The maximum Gasteiger partial charge on any atom is 0.408 e. The van der Waals surface area contributed by atoms with E-state index in [0.29, 0.717) is 13.2 Å². The number of rotatable bonds is 3. The van der Waals surface area contributed by atoms with Crippen molar-refractivity contribution in [2.45, 2.75) is 51.7 Å². The fraction of sp³-hybridized carbons (Fsp3) is 0.846. The molecule has 0 aromatic carbocycles. The third-order valence-electron chi connectivity index (χ3n) is 3.08. The van der Waals surface area contributed by atoms with Crippen molar-refractivity contribution in [3.05, 3.63) is 0 Å². The normalized spacial score (nSPS) is 20.9. The first kappa shape index (κ1) is 15.0. The molecular weight excluding hydrogens is 234 g/mol. The molecule has 1 atom stereocenters. The van der Waals surface area contributed by atoms with E-state index in [4.69, 9.17) is 9.47 Å². The van der Waals surface area contributed by atoms with Crippen molar-refractivity contribution in [3.8, 4) is 0 Å². The number of hydrogen-bond acceptors (Lipinski definition) is 4. The summed E-state index contributed by atoms with van der Waals surface area (Å²) in [6.45, 7) is 8.37. The first-order valence-electron chi connectivity index (χ1n) is 6.32. The minimum absolute atomic E-state index is 0.0938. The Hall–Kier alpha value is -1.10. The Kier molecular flexibility index (Phi) is 4.73. The predicted octanol–water partition coefficient (Wildman–Crippen LogP) is 1.90. The fourth-order valence-corrected chi connectivity index (χ4v) is 2.05. The zero-order chi connectivity index (χ0) is 13.8. The van der Waals surface area contributed by atoms with Gasteiger partial charge in [0.25, 0.3) is 0 Å². The van der Waals surface area contributed by atoms with E-state index < -0.39 is 17.2 Å². The van der Waals surface area contributed by atoms with Gasteiger partial charge in [0.05, 0.1) is 5.54 Å². The number of carbonyl (C=O) groups excluding carboxylic acids is 2. The first-order valence-corrected chi connectivity index (χ1v) is 6.32. The number of carbonyl (C=O) groups is 2. The third kappa shape index (κ3) is 4.29. The summed E-state index contributed by atoms with van der Waals surface area (Å²) in [5.41, 5.74) is -1.45. The Balaban J connectivity index is 2.64. The maximum absolute atomic E-state index is 11.8. The summed E-state index contributed by atoms with van der Waals surface area (Å²) < 4.78 is 10.5. The minimum atomic E-state index is -0.883. The van der Waals surface area contributed by atoms with Crippen LogP contribution in [0.25, 0.3) is 0 Å². The summed E-state index contributed by atoms with van der Waals surface area (Å²) >= 11 is 0. The van der Waals surface area contributed by atoms with E-state index in [2.05, 4.69) is 5.32 Å². The third-order valence-corrected chi connectivity index (χ3v) is 3.08. The van der Waals surface area contributed by atoms with E-state index in [1.165, 1.54) is 0 Å². The average Bonchev–Trinajstić information content (AvgIpc) is 2.27. The van der Waals surface area contributed by atoms with Gasteiger partial charge < -0.3 is 19.6 Å². The van der Waals surface area contributed by atoms with Gasteiger partial charge in [0.2, 0.25) is 0 Å². The molecule has 104 valence electrons. The lowest BCUT2D eigenvalue weighted by molar-refractivity contribution is -0.116. The van der Waals surface area contributed by atoms with Crippen molar-refractivity contribution in [1.82, 2.24) is 5.32 Å². The molecule has 1 rings (SSSR count). The van der Waals surface area contributed by atoms with Gasteiger partial charge in [-0.1, -0.05) is 0 Å². The van der Waals surface area contributed by atoms with E-state index in [9.17, 15) is 9.59 Å². The van der Waals surface area contributed by atoms with Crippen molar-refractivity contribution in [2.24, 2.45) is 5.92 Å². The lowest BCUT2D eigenvalue weighted by atomic mass is 9.81. The van der Waals surface area contributed by atoms with Crippen LogP contribution in [0.15, 0.2) is 0 Å². The van der Waals surface area contributed by atoms with Crippen LogP contribution in [0.2, 0.25) is 0 Å². The molecule has 1 amide bonds. The van der Waals surface area contributed by atoms with Crippen LogP contribution in [0.1, 0.15) is 40.5 Å². The highest BCUT2D eigenvalue weighted by Crippen LogP contribution is 2.26. The van der Waals surface area contributed by atoms with Crippen LogP contribution in [0, 0.1) is 5.92 Å². The van der Waals surface area contributed by atoms with Crippen LogP contribution in [0.3, 0.4) is 0 Å². The molecule has 1 aliphatic heterocycles. The summed E-state index contributed by atoms with van der Waals surface area (Å²) in [7, 11) is 0. The number of hydrogen-bond donors (Lipinski definition) is 1. The predicted molar refractivity (Wildman–Crippen MR) is 67.4 cm³/mol. The molecule has 18 heavy (non-hydrogen) atoms. The minimum Gasteiger partial charge on any atom is -0.444 e. The molecule has 1 aliphatic rings. The number of ether oxygens (including phenoxy) is 2. The second-order valence-corrected chi connectivity index (χ2v) is 5.91. The van der Waals surface area contributed by atoms with Crippen LogP contribution >= 0.6 is 0 Å². The quantitative estimate of drug-likeness (QED) is 0.784. The molecule has 0 aromatic rings. The monoisotopic (exact) mass is 257 g/mol. The fourth-order valence-electron chi connectivity index (χ4n) is 2.05. The molecular formula is C13H23NO4. The lowest BCUT2D eigenvalue weighted by Gasteiger charge is -2.36. The maximum atomic E-state index is 11.8. The van der Waals surface area contributed by atoms with Gasteiger partial charge in [-0.2, -0.15) is 0 Å². The number of aldehydes is 1. The number of amides is 1. The summed E-state index contributed by atoms with van der Waals surface area (Å²) in [6.07, 6.45) is 1.78. The van der Waals surface area contributed by atoms with Crippen molar-refractivity contribution >= 4 is 12.4 Å². The topological polar surface area (TPSA) is 64.6 Å². The molecule has 1 saturated heterocycles. The standard InChI is InChI=1S/C13H23NO4/c1-12(2,3)18-11(16)14-13(4,9-15)10-5-7-17-8-6-10/h9-10H,5-8H2,1-4H3,(H,14,16). The van der Waals surface area contributed by atoms with Crippen molar-refractivity contribution in [3.63, 3.8) is 0 Å². The van der Waals surface area contributed by atoms with Crippen LogP contribution in [-0.2, 0) is 14.3 Å². The van der Waals surface area contributed by atoms with Gasteiger partial charge in [0.1, 0.15) is 11.9 Å². The average molecular weight is 257 g/mol. The molecule has 5 nitrogen and oxygen atoms in total. The molecule has 0 aliphatic carbocycles. The van der Waals surface area contributed by atoms with Crippen molar-refractivity contribution < 1.29 is 19.1 Å². The Bertz CT molecular complexity index is 305. The molecule has 1 N–H and O–H groups in total. The Morgan fingerprint density at radius 2 is 1.83 bits per heavy atom. The largest absolute Gasteiger partial charge is 0.444 e. The van der Waals surface area contributed by atoms with Crippen molar-refractivity contribution in [2.75, 3.05) is 13.2 Å². The van der Waals surface area contributed by atoms with Gasteiger partial charge >= 0.3 is 6.09 Å². The van der Waals surface area contributed by atoms with E-state index in [-0.39, 0.29) is 5.92 Å². The molecule has 1 fully saturated rings. The lowest BCUT2D eigenvalue weighted by Crippen LogP contribution is -2.55. The van der Waals surface area contributed by atoms with Gasteiger partial charge in [-0.25, -0.2) is 4.79 Å². The van der Waals surface area contributed by atoms with Gasteiger partial charge in [0.15, 0.2) is 0 Å². The zero-order valence-electron chi connectivity index (χ0n) is 11.6. The Labute approximate surface area is 108 Å². The Morgan fingerprint density at radius 1 is 1.28 bits per heavy atom. The van der Waals surface area contributed by atoms with Crippen LogP contribution < -0.4 is 5.32 Å². The first-order chi connectivity index (χ1) is 8.27. The molecule has 0 aromatic heterocycles. The molecule has 1 unspecified atom stereocenters. The van der Waals surface area contributed by atoms with Crippen LogP contribution in [0.5, 0.6) is 0 Å². The molecule has 0 saturated carbocycles. The number of alkyl carbamates (subject to hydrolysis) is 1. The van der Waals surface area contributed by atoms with Crippen LogP contribution in [-0.4, -0.2) is 36.7 Å². The van der Waals surface area contributed by atoms with Gasteiger partial charge in [-0.3, -0.25) is 0 Å². The van der Waals surface area contributed by atoms with E-state index in [0.717, 1.165) is 19.1 Å². The second-order valence-electron chi connectivity index (χ2n) is 5.91. The molecule has 5 heteroatoms. The second kappa shape index (κ2) is 5.69. The summed E-state index contributed by atoms with van der Waals surface area (Å²) in [4.78, 5) is 23.1. The zero-order valence-corrected chi connectivity index (χ0v) is 11.6. The van der Waals surface area contributed by atoms with E-state index in [1.54, 1.807) is 27.7 Å².